The molecule has 13 heteroatoms. The largest absolute Gasteiger partial charge is 0.344 e. The van der Waals surface area contributed by atoms with Gasteiger partial charge in [-0.1, -0.05) is 61.5 Å². The first-order valence-electron chi connectivity index (χ1n) is 15.6. The Bertz CT molecular complexity index is 1650. The molecule has 0 bridgehead atoms. The van der Waals surface area contributed by atoms with Gasteiger partial charge in [0, 0.05) is 38.8 Å². The third-order valence-corrected chi connectivity index (χ3v) is 7.89. The number of halogens is 1. The number of benzene rings is 2. The Hall–Kier alpha value is -4.94. The molecule has 0 fully saturated rings. The summed E-state index contributed by atoms with van der Waals surface area (Å²) in [5, 5.41) is 14.5. The molecular formula is C33H39FN8O4. The first-order chi connectivity index (χ1) is 22.2. The molecule has 0 unspecified atom stereocenters. The molecule has 46 heavy (non-hydrogen) atoms. The van der Waals surface area contributed by atoms with Crippen molar-refractivity contribution in [3.05, 3.63) is 83.5 Å². The molecule has 242 valence electrons. The van der Waals surface area contributed by atoms with E-state index in [1.165, 1.54) is 6.07 Å². The van der Waals surface area contributed by atoms with Crippen LogP contribution in [0.25, 0.3) is 11.4 Å². The van der Waals surface area contributed by atoms with Crippen LogP contribution in [-0.2, 0) is 33.8 Å². The highest BCUT2D eigenvalue weighted by molar-refractivity contribution is 5.88. The summed E-state index contributed by atoms with van der Waals surface area (Å²) >= 11 is 0. The third kappa shape index (κ3) is 8.20. The van der Waals surface area contributed by atoms with Gasteiger partial charge in [0.15, 0.2) is 0 Å². The monoisotopic (exact) mass is 630 g/mol. The Labute approximate surface area is 266 Å². The van der Waals surface area contributed by atoms with Gasteiger partial charge in [0.05, 0.1) is 18.2 Å². The quantitative estimate of drug-likeness (QED) is 0.315. The van der Waals surface area contributed by atoms with Gasteiger partial charge in [0.25, 0.3) is 0 Å². The lowest BCUT2D eigenvalue weighted by atomic mass is 10.0. The molecule has 2 aromatic heterocycles. The Morgan fingerprint density at radius 2 is 1.78 bits per heavy atom. The van der Waals surface area contributed by atoms with Gasteiger partial charge in [0.2, 0.25) is 29.4 Å². The van der Waals surface area contributed by atoms with E-state index in [2.05, 4.69) is 30.9 Å². The molecule has 2 atom stereocenters. The second-order valence-electron chi connectivity index (χ2n) is 11.8. The van der Waals surface area contributed by atoms with Crippen molar-refractivity contribution in [3.63, 3.8) is 0 Å². The van der Waals surface area contributed by atoms with Gasteiger partial charge >= 0.3 is 0 Å². The Morgan fingerprint density at radius 1 is 1.02 bits per heavy atom. The average Bonchev–Trinajstić information content (AvgIpc) is 3.66. The highest BCUT2D eigenvalue weighted by Gasteiger charge is 2.30. The molecule has 4 aromatic rings. The van der Waals surface area contributed by atoms with E-state index in [9.17, 15) is 18.8 Å². The third-order valence-electron chi connectivity index (χ3n) is 7.89. The molecule has 0 saturated heterocycles. The lowest BCUT2D eigenvalue weighted by Gasteiger charge is -2.28. The average molecular weight is 631 g/mol. The van der Waals surface area contributed by atoms with Crippen LogP contribution in [0, 0.1) is 18.7 Å². The van der Waals surface area contributed by atoms with E-state index in [-0.39, 0.29) is 60.2 Å². The molecule has 0 saturated carbocycles. The van der Waals surface area contributed by atoms with Crippen LogP contribution >= 0.6 is 0 Å². The van der Waals surface area contributed by atoms with Crippen LogP contribution < -0.4 is 10.6 Å². The molecule has 1 aliphatic rings. The number of hydrogen-bond acceptors (Lipinski definition) is 8. The number of hydrogen-bond donors (Lipinski definition) is 2. The zero-order valence-corrected chi connectivity index (χ0v) is 26.3. The predicted molar refractivity (Wildman–Crippen MR) is 166 cm³/mol. The van der Waals surface area contributed by atoms with Crippen molar-refractivity contribution >= 4 is 17.7 Å². The molecular weight excluding hydrogens is 591 g/mol. The fourth-order valence-electron chi connectivity index (χ4n) is 5.46. The van der Waals surface area contributed by atoms with Crippen LogP contribution in [0.2, 0.25) is 0 Å². The van der Waals surface area contributed by atoms with E-state index in [0.29, 0.717) is 44.1 Å². The minimum absolute atomic E-state index is 0.0336. The number of carbonyl (C=O) groups is 3. The van der Waals surface area contributed by atoms with Crippen LogP contribution in [0.1, 0.15) is 62.3 Å². The minimum Gasteiger partial charge on any atom is -0.344 e. The smallest absolute Gasteiger partial charge is 0.243 e. The summed E-state index contributed by atoms with van der Waals surface area (Å²) in [6.07, 6.45) is 1.12. The molecule has 1 aliphatic heterocycles. The second-order valence-corrected chi connectivity index (χ2v) is 11.8. The van der Waals surface area contributed by atoms with E-state index in [1.54, 1.807) is 34.7 Å². The number of aryl methyl sites for hydroxylation is 2. The fourth-order valence-corrected chi connectivity index (χ4v) is 5.46. The number of aromatic nitrogens is 5. The highest BCUT2D eigenvalue weighted by atomic mass is 19.1. The molecule has 0 aliphatic carbocycles. The predicted octanol–water partition coefficient (Wildman–Crippen LogP) is 3.57. The molecule has 2 aromatic carbocycles. The minimum atomic E-state index is -0.794. The lowest BCUT2D eigenvalue weighted by Crippen LogP contribution is -2.50. The van der Waals surface area contributed by atoms with E-state index in [4.69, 9.17) is 4.52 Å². The van der Waals surface area contributed by atoms with Crippen molar-refractivity contribution in [1.82, 2.24) is 40.4 Å². The van der Waals surface area contributed by atoms with Crippen molar-refractivity contribution in [2.45, 2.75) is 71.5 Å². The van der Waals surface area contributed by atoms with E-state index >= 15 is 0 Å². The Morgan fingerprint density at radius 3 is 2.54 bits per heavy atom. The highest BCUT2D eigenvalue weighted by Crippen LogP contribution is 2.22. The molecule has 2 N–H and O–H groups in total. The SMILES string of the molecule is Cc1nc2n(n1)CCN(C(=O)CCc1nc(-c3ccccc3F)no1)CCCC(=O)N[C@@H](Cc1ccccc1)C(=O)N[C@@H]2C(C)C. The summed E-state index contributed by atoms with van der Waals surface area (Å²) in [4.78, 5) is 50.8. The summed E-state index contributed by atoms with van der Waals surface area (Å²) in [5.74, 6) is 0.256. The zero-order chi connectivity index (χ0) is 32.6. The number of fused-ring (bicyclic) bond motifs is 1. The Balaban J connectivity index is 1.33. The number of carbonyl (C=O) groups excluding carboxylic acids is 3. The summed E-state index contributed by atoms with van der Waals surface area (Å²) < 4.78 is 21.2. The number of amides is 3. The fraction of sp³-hybridized carbons (Fsp3) is 0.424. The van der Waals surface area contributed by atoms with E-state index in [1.807, 2.05) is 44.2 Å². The van der Waals surface area contributed by atoms with Gasteiger partial charge in [-0.25, -0.2) is 14.1 Å². The zero-order valence-electron chi connectivity index (χ0n) is 26.3. The summed E-state index contributed by atoms with van der Waals surface area (Å²) in [7, 11) is 0. The standard InChI is InChI=1S/C33H39FN8O4/c1-21(2)30-32-35-22(3)39-42(32)19-18-41(29(44)16-15-28-37-31(40-46-28)24-12-7-8-13-25(24)34)17-9-14-27(43)36-26(33(45)38-30)20-23-10-5-4-6-11-23/h4-8,10-13,21,26,30H,9,14-20H2,1-3H3,(H,36,43)(H,38,45)/t26-,30+/m0/s1. The van der Waals surface area contributed by atoms with Gasteiger partial charge in [-0.3, -0.25) is 14.4 Å². The van der Waals surface area contributed by atoms with Gasteiger partial charge in [-0.2, -0.15) is 10.1 Å². The molecule has 0 radical (unpaired) electrons. The van der Waals surface area contributed by atoms with Crippen LogP contribution in [0.5, 0.6) is 0 Å². The van der Waals surface area contributed by atoms with Gasteiger partial charge in [-0.15, -0.1) is 0 Å². The summed E-state index contributed by atoms with van der Waals surface area (Å²) in [6.45, 7) is 6.74. The van der Waals surface area contributed by atoms with Crippen molar-refractivity contribution in [2.75, 3.05) is 13.1 Å². The maximum atomic E-state index is 14.2. The van der Waals surface area contributed by atoms with Crippen LogP contribution in [0.4, 0.5) is 4.39 Å². The summed E-state index contributed by atoms with van der Waals surface area (Å²) in [6, 6.07) is 14.4. The second kappa shape index (κ2) is 14.9. The first kappa shape index (κ1) is 32.5. The van der Waals surface area contributed by atoms with Crippen molar-refractivity contribution in [3.8, 4) is 11.4 Å². The number of rotatable bonds is 7. The summed E-state index contributed by atoms with van der Waals surface area (Å²) in [5.41, 5.74) is 1.14. The molecule has 3 heterocycles. The topological polar surface area (TPSA) is 148 Å². The molecule has 3 amide bonds. The maximum absolute atomic E-state index is 14.2. The van der Waals surface area contributed by atoms with Crippen molar-refractivity contribution in [2.24, 2.45) is 5.92 Å². The van der Waals surface area contributed by atoms with Crippen molar-refractivity contribution in [1.29, 1.82) is 0 Å². The maximum Gasteiger partial charge on any atom is 0.243 e. The van der Waals surface area contributed by atoms with Gasteiger partial charge in [-0.05, 0) is 37.0 Å². The Kier molecular flexibility index (Phi) is 10.5. The van der Waals surface area contributed by atoms with Gasteiger partial charge < -0.3 is 20.1 Å². The van der Waals surface area contributed by atoms with Crippen LogP contribution in [0.3, 0.4) is 0 Å². The molecule has 5 rings (SSSR count). The van der Waals surface area contributed by atoms with E-state index < -0.39 is 17.9 Å². The lowest BCUT2D eigenvalue weighted by molar-refractivity contribution is -0.132. The first-order valence-corrected chi connectivity index (χ1v) is 15.6. The molecule has 12 nitrogen and oxygen atoms in total. The van der Waals surface area contributed by atoms with Crippen molar-refractivity contribution < 1.29 is 23.3 Å². The van der Waals surface area contributed by atoms with E-state index in [0.717, 1.165) is 5.56 Å². The normalized spacial score (nSPS) is 18.1. The number of nitrogens with one attached hydrogen (secondary N) is 2. The van der Waals surface area contributed by atoms with Crippen LogP contribution in [0.15, 0.2) is 59.1 Å². The molecule has 0 spiro atoms. The number of nitrogens with zero attached hydrogens (tertiary/aromatic N) is 6. The van der Waals surface area contributed by atoms with Crippen LogP contribution in [-0.4, -0.2) is 66.7 Å². The van der Waals surface area contributed by atoms with Gasteiger partial charge in [0.1, 0.15) is 23.5 Å².